The maximum atomic E-state index is 13.9. The molecule has 0 aliphatic rings. The van der Waals surface area contributed by atoms with E-state index >= 15 is 0 Å². The highest BCUT2D eigenvalue weighted by molar-refractivity contribution is 5.93. The van der Waals surface area contributed by atoms with Crippen molar-refractivity contribution in [2.75, 3.05) is 13.7 Å². The normalized spacial score (nSPS) is 13.9. The lowest BCUT2D eigenvalue weighted by molar-refractivity contribution is -0.156. The highest BCUT2D eigenvalue weighted by atomic mass is 16.6. The van der Waals surface area contributed by atoms with Crippen LogP contribution in [-0.4, -0.2) is 72.1 Å². The van der Waals surface area contributed by atoms with Crippen molar-refractivity contribution in [3.8, 4) is 0 Å². The van der Waals surface area contributed by atoms with Crippen molar-refractivity contribution in [2.24, 2.45) is 11.8 Å². The molecule has 3 N–H and O–H groups in total. The van der Waals surface area contributed by atoms with Crippen molar-refractivity contribution in [2.45, 2.75) is 104 Å². The first kappa shape index (κ1) is 38.1. The fourth-order valence-electron chi connectivity index (χ4n) is 4.45. The minimum absolute atomic E-state index is 0.0111. The van der Waals surface area contributed by atoms with Gasteiger partial charge in [-0.25, -0.2) is 9.59 Å². The van der Waals surface area contributed by atoms with Crippen LogP contribution in [0, 0.1) is 11.8 Å². The van der Waals surface area contributed by atoms with Gasteiger partial charge in [0.1, 0.15) is 30.3 Å². The van der Waals surface area contributed by atoms with E-state index in [9.17, 15) is 24.0 Å². The Kier molecular flexibility index (Phi) is 16.2. The smallest absolute Gasteiger partial charge is 0.408 e. The van der Waals surface area contributed by atoms with Crippen molar-refractivity contribution < 1.29 is 33.4 Å². The number of amides is 4. The first-order valence-corrected chi connectivity index (χ1v) is 15.2. The van der Waals surface area contributed by atoms with Crippen molar-refractivity contribution in [3.05, 3.63) is 48.6 Å². The zero-order valence-electron chi connectivity index (χ0n) is 27.6. The Morgan fingerprint density at radius 1 is 1.00 bits per heavy atom. The molecule has 4 atom stereocenters. The highest BCUT2D eigenvalue weighted by Gasteiger charge is 2.37. The number of hydrogen-bond acceptors (Lipinski definition) is 7. The van der Waals surface area contributed by atoms with Crippen molar-refractivity contribution in [1.82, 2.24) is 20.9 Å². The summed E-state index contributed by atoms with van der Waals surface area (Å²) in [4.78, 5) is 67.0. The first-order valence-electron chi connectivity index (χ1n) is 15.2. The number of carbonyl (C=O) groups excluding carboxylic acids is 5. The molecule has 1 rings (SSSR count). The van der Waals surface area contributed by atoms with E-state index in [1.165, 1.54) is 18.0 Å². The van der Waals surface area contributed by atoms with Gasteiger partial charge in [0.25, 0.3) is 0 Å². The quantitative estimate of drug-likeness (QED) is 0.177. The lowest BCUT2D eigenvalue weighted by Gasteiger charge is -2.34. The summed E-state index contributed by atoms with van der Waals surface area (Å²) < 4.78 is 10.6. The van der Waals surface area contributed by atoms with Gasteiger partial charge in [-0.3, -0.25) is 14.4 Å². The fraction of sp³-hybridized carbons (Fsp3) is 0.606. The maximum absolute atomic E-state index is 13.9. The molecule has 4 amide bonds. The van der Waals surface area contributed by atoms with Gasteiger partial charge in [0.2, 0.25) is 17.7 Å². The maximum Gasteiger partial charge on any atom is 0.408 e. The minimum Gasteiger partial charge on any atom is -0.460 e. The highest BCUT2D eigenvalue weighted by Crippen LogP contribution is 2.18. The van der Waals surface area contributed by atoms with Crippen LogP contribution in [0.3, 0.4) is 0 Å². The Balaban J connectivity index is 3.23. The van der Waals surface area contributed by atoms with Crippen LogP contribution < -0.4 is 16.0 Å². The molecule has 0 spiro atoms. The lowest BCUT2D eigenvalue weighted by atomic mass is 9.96. The van der Waals surface area contributed by atoms with Gasteiger partial charge < -0.3 is 30.3 Å². The van der Waals surface area contributed by atoms with E-state index in [-0.39, 0.29) is 43.6 Å². The van der Waals surface area contributed by atoms with Gasteiger partial charge in [-0.15, -0.1) is 0 Å². The molecule has 0 unspecified atom stereocenters. The fourth-order valence-corrected chi connectivity index (χ4v) is 4.45. The summed E-state index contributed by atoms with van der Waals surface area (Å²) in [5, 5.41) is 8.19. The molecule has 0 heterocycles. The van der Waals surface area contributed by atoms with Crippen LogP contribution in [-0.2, 0) is 35.2 Å². The zero-order valence-corrected chi connectivity index (χ0v) is 27.6. The van der Waals surface area contributed by atoms with Crippen LogP contribution >= 0.6 is 0 Å². The average Bonchev–Trinajstić information content (AvgIpc) is 2.95. The average molecular weight is 617 g/mol. The van der Waals surface area contributed by atoms with Gasteiger partial charge in [0, 0.05) is 20.0 Å². The van der Waals surface area contributed by atoms with Crippen LogP contribution in [0.15, 0.2) is 43.0 Å². The second-order valence-electron chi connectivity index (χ2n) is 12.4. The molecule has 0 fully saturated rings. The van der Waals surface area contributed by atoms with E-state index in [1.54, 1.807) is 20.8 Å². The van der Waals surface area contributed by atoms with Crippen LogP contribution in [0.4, 0.5) is 4.79 Å². The third-order valence-electron chi connectivity index (χ3n) is 6.85. The van der Waals surface area contributed by atoms with Crippen LogP contribution in [0.5, 0.6) is 0 Å². The molecule has 0 radical (unpaired) electrons. The molecule has 0 bridgehead atoms. The second kappa shape index (κ2) is 18.7. The van der Waals surface area contributed by atoms with Crippen molar-refractivity contribution >= 4 is 29.8 Å². The van der Waals surface area contributed by atoms with Gasteiger partial charge in [0.15, 0.2) is 0 Å². The largest absolute Gasteiger partial charge is 0.460 e. The van der Waals surface area contributed by atoms with E-state index < -0.39 is 47.6 Å². The van der Waals surface area contributed by atoms with Crippen LogP contribution in [0.1, 0.15) is 79.7 Å². The van der Waals surface area contributed by atoms with Gasteiger partial charge in [0.05, 0.1) is 0 Å². The van der Waals surface area contributed by atoms with Gasteiger partial charge in [-0.1, -0.05) is 77.1 Å². The Labute approximate surface area is 262 Å². The Hall–Kier alpha value is -3.89. The van der Waals surface area contributed by atoms with Crippen LogP contribution in [0.25, 0.3) is 0 Å². The Morgan fingerprint density at radius 3 is 2.18 bits per heavy atom. The summed E-state index contributed by atoms with van der Waals surface area (Å²) in [5.74, 6) is -2.29. The van der Waals surface area contributed by atoms with E-state index in [4.69, 9.17) is 9.47 Å². The molecule has 11 nitrogen and oxygen atoms in total. The number of nitrogens with zero attached hydrogens (tertiary/aromatic N) is 1. The molecule has 11 heteroatoms. The molecule has 0 aliphatic carbocycles. The van der Waals surface area contributed by atoms with Crippen molar-refractivity contribution in [3.63, 3.8) is 0 Å². The predicted octanol–water partition coefficient (Wildman–Crippen LogP) is 4.11. The number of carbonyl (C=O) groups is 5. The molecule has 246 valence electrons. The SMILES string of the molecule is C=CCOC(=O)[C@H]([C@@H](C)CC)N(C)C(=O)[C@H](CCC(=O)NCc1ccccc1)NC(=O)[C@H](CC(C)C)NC(=O)OC(C)(C)C. The summed E-state index contributed by atoms with van der Waals surface area (Å²) >= 11 is 0. The number of ether oxygens (including phenoxy) is 2. The monoisotopic (exact) mass is 616 g/mol. The summed E-state index contributed by atoms with van der Waals surface area (Å²) in [6.45, 7) is 16.5. The van der Waals surface area contributed by atoms with Gasteiger partial charge in [-0.2, -0.15) is 0 Å². The number of esters is 1. The summed E-state index contributed by atoms with van der Waals surface area (Å²) in [7, 11) is 1.48. The number of nitrogens with one attached hydrogen (secondary N) is 3. The number of benzene rings is 1. The van der Waals surface area contributed by atoms with Gasteiger partial charge >= 0.3 is 12.1 Å². The summed E-state index contributed by atoms with van der Waals surface area (Å²) in [5.41, 5.74) is 0.142. The van der Waals surface area contributed by atoms with Crippen molar-refractivity contribution in [1.29, 1.82) is 0 Å². The Morgan fingerprint density at radius 2 is 1.64 bits per heavy atom. The molecule has 1 aromatic rings. The molecule has 0 saturated heterocycles. The predicted molar refractivity (Wildman–Crippen MR) is 169 cm³/mol. The standard InChI is InChI=1S/C33H52N4O7/c1-10-19-43-31(41)28(23(5)11-2)37(9)30(40)25(17-18-27(38)34-21-24-15-13-12-14-16-24)35-29(39)26(20-22(3)4)36-32(42)44-33(6,7)8/h10,12-16,22-23,25-26,28H,1,11,17-21H2,2-9H3,(H,34,38)(H,35,39)(H,36,42)/t23-,25-,26-,28-/m0/s1. The summed E-state index contributed by atoms with van der Waals surface area (Å²) in [6.07, 6.45) is 1.44. The minimum atomic E-state index is -1.16. The number of rotatable bonds is 17. The topological polar surface area (TPSA) is 143 Å². The Bertz CT molecular complexity index is 1100. The molecule has 0 aromatic heterocycles. The molecular weight excluding hydrogens is 564 g/mol. The molecule has 0 saturated carbocycles. The second-order valence-corrected chi connectivity index (χ2v) is 12.4. The number of hydrogen-bond donors (Lipinski definition) is 3. The molecule has 44 heavy (non-hydrogen) atoms. The molecule has 0 aliphatic heterocycles. The lowest BCUT2D eigenvalue weighted by Crippen LogP contribution is -2.57. The first-order chi connectivity index (χ1) is 20.6. The molecular formula is C33H52N4O7. The number of likely N-dealkylation sites (N-methyl/N-ethyl adjacent to an activating group) is 1. The molecule has 1 aromatic carbocycles. The summed E-state index contributed by atoms with van der Waals surface area (Å²) in [6, 6.07) is 6.30. The van der Waals surface area contributed by atoms with E-state index in [2.05, 4.69) is 22.5 Å². The van der Waals surface area contributed by atoms with E-state index in [1.807, 2.05) is 58.0 Å². The number of alkyl carbamates (subject to hydrolysis) is 1. The van der Waals surface area contributed by atoms with Crippen LogP contribution in [0.2, 0.25) is 0 Å². The van der Waals surface area contributed by atoms with E-state index in [0.29, 0.717) is 13.0 Å². The van der Waals surface area contributed by atoms with E-state index in [0.717, 1.165) is 5.56 Å². The third-order valence-corrected chi connectivity index (χ3v) is 6.85. The zero-order chi connectivity index (χ0) is 33.4. The van der Waals surface area contributed by atoms with Gasteiger partial charge in [-0.05, 0) is 51.0 Å². The third kappa shape index (κ3) is 14.1.